The van der Waals surface area contributed by atoms with Crippen LogP contribution in [0.3, 0.4) is 0 Å². The molecule has 2 aromatic heterocycles. The number of carbonyl (C=O) groups is 1. The summed E-state index contributed by atoms with van der Waals surface area (Å²) in [5.74, 6) is -1.84. The highest BCUT2D eigenvalue weighted by Gasteiger charge is 2.48. The number of allylic oxidation sites excluding steroid dienone is 1. The Morgan fingerprint density at radius 2 is 1.57 bits per heavy atom. The van der Waals surface area contributed by atoms with Crippen molar-refractivity contribution in [3.05, 3.63) is 36.7 Å². The third-order valence-corrected chi connectivity index (χ3v) is 9.74. The molecule has 0 aliphatic carbocycles. The Morgan fingerprint density at radius 1 is 0.978 bits per heavy atom. The Hall–Kier alpha value is -3.39. The third-order valence-electron chi connectivity index (χ3n) is 7.14. The van der Waals surface area contributed by atoms with E-state index in [4.69, 9.17) is 30.7 Å². The maximum atomic E-state index is 12.5. The maximum absolute atomic E-state index is 12.5. The minimum absolute atomic E-state index is 0.0421. The molecule has 3 aliphatic rings. The van der Waals surface area contributed by atoms with Crippen molar-refractivity contribution in [3.63, 3.8) is 0 Å². The first-order valence-corrected chi connectivity index (χ1v) is 16.1. The number of aromatic nitrogens is 4. The Bertz CT molecular complexity index is 1680. The van der Waals surface area contributed by atoms with E-state index in [0.29, 0.717) is 0 Å². The smallest absolute Gasteiger partial charge is 0.387 e. The Kier molecular flexibility index (Phi) is 9.61. The topological polar surface area (TPSA) is 341 Å². The summed E-state index contributed by atoms with van der Waals surface area (Å²) in [5, 5.41) is 50.9. The molecule has 2 fully saturated rings. The molecule has 0 saturated carbocycles. The predicted molar refractivity (Wildman–Crippen MR) is 146 cm³/mol. The number of imidazole rings is 1. The van der Waals surface area contributed by atoms with Crippen molar-refractivity contribution in [2.45, 2.75) is 49.1 Å². The van der Waals surface area contributed by atoms with Crippen LogP contribution in [0, 0.1) is 17.2 Å². The van der Waals surface area contributed by atoms with Gasteiger partial charge in [-0.2, -0.15) is 9.57 Å². The number of nitriles is 1. The molecule has 10 N–H and O–H groups in total. The second-order valence-corrected chi connectivity index (χ2v) is 13.2. The van der Waals surface area contributed by atoms with Gasteiger partial charge in [-0.3, -0.25) is 18.4 Å². The number of fused-ring (bicyclic) bond motifs is 1. The van der Waals surface area contributed by atoms with Crippen molar-refractivity contribution in [1.29, 1.82) is 5.26 Å². The molecule has 0 bridgehead atoms. The molecule has 5 rings (SSSR count). The first-order valence-electron chi connectivity index (χ1n) is 13.1. The van der Waals surface area contributed by atoms with Crippen molar-refractivity contribution in [2.75, 3.05) is 18.9 Å². The first kappa shape index (κ1) is 34.0. The fraction of sp³-hybridized carbons (Fsp3) is 0.500. The van der Waals surface area contributed by atoms with Gasteiger partial charge in [0, 0.05) is 12.4 Å². The highest BCUT2D eigenvalue weighted by atomic mass is 31.3. The number of ether oxygens (including phenoxy) is 2. The number of hydrogen-bond donors (Lipinski definition) is 8. The van der Waals surface area contributed by atoms with Crippen LogP contribution in [0.5, 0.6) is 0 Å². The zero-order valence-corrected chi connectivity index (χ0v) is 25.0. The lowest BCUT2D eigenvalue weighted by Crippen LogP contribution is -2.41. The van der Waals surface area contributed by atoms with Gasteiger partial charge in [0.25, 0.3) is 0 Å². The number of nitrogens with two attached hydrogens (primary N) is 2. The van der Waals surface area contributed by atoms with Gasteiger partial charge in [-0.05, 0) is 6.08 Å². The summed E-state index contributed by atoms with van der Waals surface area (Å²) in [4.78, 5) is 44.7. The van der Waals surface area contributed by atoms with E-state index in [1.807, 2.05) is 6.07 Å². The molecule has 5 heterocycles. The Labute approximate surface area is 257 Å². The lowest BCUT2D eigenvalue weighted by molar-refractivity contribution is -0.115. The van der Waals surface area contributed by atoms with Crippen molar-refractivity contribution in [3.8, 4) is 6.07 Å². The number of aliphatic hydroxyl groups is 4. The third kappa shape index (κ3) is 6.83. The average Bonchev–Trinajstić information content (AvgIpc) is 3.64. The van der Waals surface area contributed by atoms with Gasteiger partial charge in [-0.15, -0.1) is 0 Å². The molecule has 3 aliphatic heterocycles. The van der Waals surface area contributed by atoms with Gasteiger partial charge in [0.2, 0.25) is 5.91 Å². The van der Waals surface area contributed by atoms with Crippen LogP contribution in [0.15, 0.2) is 36.7 Å². The molecule has 1 amide bonds. The van der Waals surface area contributed by atoms with Crippen LogP contribution < -0.4 is 11.5 Å². The zero-order chi connectivity index (χ0) is 33.6. The van der Waals surface area contributed by atoms with Gasteiger partial charge in [0.1, 0.15) is 48.5 Å². The van der Waals surface area contributed by atoms with E-state index in [2.05, 4.69) is 23.8 Å². The fourth-order valence-electron chi connectivity index (χ4n) is 4.84. The van der Waals surface area contributed by atoms with Crippen molar-refractivity contribution >= 4 is 38.5 Å². The number of phosphoric acid groups is 2. The van der Waals surface area contributed by atoms with Crippen molar-refractivity contribution in [1.82, 2.24) is 24.4 Å². The highest BCUT2D eigenvalue weighted by molar-refractivity contribution is 7.61. The molecular weight excluding hydrogens is 662 g/mol. The number of anilines is 1. The Balaban J connectivity index is 1.15. The number of primary amides is 1. The lowest BCUT2D eigenvalue weighted by Gasteiger charge is -2.29. The van der Waals surface area contributed by atoms with E-state index in [0.717, 1.165) is 17.4 Å². The molecule has 46 heavy (non-hydrogen) atoms. The summed E-state index contributed by atoms with van der Waals surface area (Å²) in [6.45, 7) is -1.86. The highest BCUT2D eigenvalue weighted by Crippen LogP contribution is 2.60. The van der Waals surface area contributed by atoms with Crippen molar-refractivity contribution < 1.29 is 67.0 Å². The molecule has 2 saturated heterocycles. The Morgan fingerprint density at radius 3 is 2.15 bits per heavy atom. The molecule has 11 atom stereocenters. The summed E-state index contributed by atoms with van der Waals surface area (Å²) in [6.07, 6.45) is -6.17. The predicted octanol–water partition coefficient (Wildman–Crippen LogP) is -2.94. The SMILES string of the molecule is N#CC1C=CN([C@@H]2O[C@H](COP(=O)(O)OP(=O)(O)OC[C@H]3O[C@@H](n4cnc5c(N)ncnc54)[C@H](O)[C@@H]3O)[C@@H](O)[C@H]2O)C=C1C(N)=O. The maximum Gasteiger partial charge on any atom is 0.481 e. The number of nitrogen functional groups attached to an aromatic ring is 1. The van der Waals surface area contributed by atoms with Gasteiger partial charge in [0.15, 0.2) is 23.9 Å². The molecule has 24 heteroatoms. The molecular formula is C22H28N8O14P2. The number of phosphoric ester groups is 2. The number of rotatable bonds is 11. The van der Waals surface area contributed by atoms with Gasteiger partial charge in [0.05, 0.1) is 37.1 Å². The summed E-state index contributed by atoms with van der Waals surface area (Å²) >= 11 is 0. The summed E-state index contributed by atoms with van der Waals surface area (Å²) in [6, 6.07) is 1.85. The van der Waals surface area contributed by atoms with Crippen molar-refractivity contribution in [2.24, 2.45) is 11.7 Å². The molecule has 0 aromatic carbocycles. The van der Waals surface area contributed by atoms with Crippen LogP contribution in [0.1, 0.15) is 6.23 Å². The van der Waals surface area contributed by atoms with Crippen LogP contribution in [-0.2, 0) is 36.8 Å². The quantitative estimate of drug-likeness (QED) is 0.109. The van der Waals surface area contributed by atoms with Crippen LogP contribution in [0.25, 0.3) is 11.2 Å². The summed E-state index contributed by atoms with van der Waals surface area (Å²) in [7, 11) is -10.8. The number of carbonyl (C=O) groups excluding carboxylic acids is 1. The fourth-order valence-corrected chi connectivity index (χ4v) is 6.93. The largest absolute Gasteiger partial charge is 0.481 e. The van der Waals surface area contributed by atoms with Gasteiger partial charge >= 0.3 is 15.6 Å². The second-order valence-electron chi connectivity index (χ2n) is 10.1. The molecule has 0 radical (unpaired) electrons. The van der Waals surface area contributed by atoms with Crippen LogP contribution in [0.2, 0.25) is 0 Å². The van der Waals surface area contributed by atoms with Gasteiger partial charge in [-0.25, -0.2) is 24.1 Å². The lowest BCUT2D eigenvalue weighted by atomic mass is 9.98. The average molecular weight is 690 g/mol. The van der Waals surface area contributed by atoms with Crippen LogP contribution in [0.4, 0.5) is 5.82 Å². The monoisotopic (exact) mass is 690 g/mol. The van der Waals surface area contributed by atoms with E-state index in [-0.39, 0.29) is 22.6 Å². The van der Waals surface area contributed by atoms with E-state index >= 15 is 0 Å². The number of hydrogen-bond acceptors (Lipinski definition) is 18. The standard InChI is InChI=1S/C22H28N8O14P2/c23-3-9-1-2-29(4-10(9)19(25)35)21-16(33)14(31)11(42-21)5-40-45(36,37)44-46(38,39)41-6-12-15(32)17(34)22(43-12)30-8-28-13-18(24)26-7-27-20(13)30/h1-2,4,7-9,11-12,14-17,21-22,31-34H,5-6H2,(H2,25,35)(H,36,37)(H,38,39)(H2,24,26,27)/t9?,11-,12-,14-,15-,16-,17-,21-,22-/m1/s1. The molecule has 3 unspecified atom stereocenters. The molecule has 250 valence electrons. The number of amides is 1. The normalized spacial score (nSPS) is 33.8. The first-order chi connectivity index (χ1) is 21.6. The molecule has 22 nitrogen and oxygen atoms in total. The van der Waals surface area contributed by atoms with E-state index < -0.39 is 89.8 Å². The second kappa shape index (κ2) is 13.0. The van der Waals surface area contributed by atoms with E-state index in [1.54, 1.807) is 0 Å². The number of nitrogens with zero attached hydrogens (tertiary/aromatic N) is 6. The van der Waals surface area contributed by atoms with Gasteiger partial charge < -0.3 is 56.1 Å². The number of aliphatic hydroxyl groups excluding tert-OH is 4. The van der Waals surface area contributed by atoms with E-state index in [9.17, 15) is 44.1 Å². The summed E-state index contributed by atoms with van der Waals surface area (Å²) in [5.41, 5.74) is 11.2. The minimum atomic E-state index is -5.41. The van der Waals surface area contributed by atoms with Crippen LogP contribution in [-0.4, -0.2) is 117 Å². The summed E-state index contributed by atoms with van der Waals surface area (Å²) < 4.78 is 50.8. The zero-order valence-electron chi connectivity index (χ0n) is 23.2. The van der Waals surface area contributed by atoms with Gasteiger partial charge in [-0.1, -0.05) is 0 Å². The van der Waals surface area contributed by atoms with E-state index in [1.165, 1.54) is 23.2 Å². The molecule has 0 spiro atoms. The minimum Gasteiger partial charge on any atom is -0.387 e. The van der Waals surface area contributed by atoms with Crippen LogP contribution >= 0.6 is 15.6 Å². The molecule has 2 aromatic rings.